The first-order valence-corrected chi connectivity index (χ1v) is 11.1. The first-order chi connectivity index (χ1) is 16.6. The summed E-state index contributed by atoms with van der Waals surface area (Å²) in [4.78, 5) is 30.4. The molecule has 3 rings (SSSR count). The molecule has 12 heteroatoms. The smallest absolute Gasteiger partial charge is 0.295 e. The molecule has 0 spiro atoms. The maximum absolute atomic E-state index is 13.3. The van der Waals surface area contributed by atoms with Gasteiger partial charge in [0.25, 0.3) is 5.56 Å². The second-order valence-electron chi connectivity index (χ2n) is 7.89. The third-order valence-corrected chi connectivity index (χ3v) is 5.47. The van der Waals surface area contributed by atoms with Crippen LogP contribution in [0.3, 0.4) is 0 Å². The Morgan fingerprint density at radius 1 is 1.17 bits per heavy atom. The van der Waals surface area contributed by atoms with Crippen molar-refractivity contribution >= 4 is 40.5 Å². The highest BCUT2D eigenvalue weighted by Gasteiger charge is 2.20. The molecule has 0 unspecified atom stereocenters. The fourth-order valence-corrected chi connectivity index (χ4v) is 3.61. The molecule has 0 aliphatic carbocycles. The van der Waals surface area contributed by atoms with Gasteiger partial charge in [0.1, 0.15) is 12.4 Å². The average Bonchev–Trinajstić information content (AvgIpc) is 2.80. The first-order valence-electron chi connectivity index (χ1n) is 10.7. The van der Waals surface area contributed by atoms with Crippen LogP contribution in [0.2, 0.25) is 5.15 Å². The number of hydrogen-bond donors (Lipinski definition) is 6. The fraction of sp³-hybridized carbons (Fsp3) is 0.217. The van der Waals surface area contributed by atoms with Crippen LogP contribution in [-0.4, -0.2) is 39.9 Å². The summed E-state index contributed by atoms with van der Waals surface area (Å²) in [6.07, 6.45) is 0. The van der Waals surface area contributed by atoms with Crippen LogP contribution in [0, 0.1) is 5.41 Å². The zero-order valence-electron chi connectivity index (χ0n) is 19.4. The molecule has 2 aromatic carbocycles. The fourth-order valence-electron chi connectivity index (χ4n) is 3.31. The van der Waals surface area contributed by atoms with Crippen molar-refractivity contribution in [2.24, 2.45) is 5.73 Å². The van der Waals surface area contributed by atoms with Crippen molar-refractivity contribution < 1.29 is 4.79 Å². The zero-order chi connectivity index (χ0) is 25.7. The lowest BCUT2D eigenvalue weighted by Gasteiger charge is -2.20. The lowest BCUT2D eigenvalue weighted by molar-refractivity contribution is -0.121. The molecule has 11 nitrogen and oxygen atoms in total. The molecular weight excluding hydrogens is 470 g/mol. The molecule has 0 aliphatic heterocycles. The number of rotatable bonds is 9. The quantitative estimate of drug-likeness (QED) is 0.111. The second kappa shape index (κ2) is 10.9. The summed E-state index contributed by atoms with van der Waals surface area (Å²) in [6, 6.07) is 11.7. The second-order valence-corrected chi connectivity index (χ2v) is 8.25. The van der Waals surface area contributed by atoms with Gasteiger partial charge in [0.05, 0.1) is 5.69 Å². The van der Waals surface area contributed by atoms with Crippen molar-refractivity contribution in [1.82, 2.24) is 19.9 Å². The van der Waals surface area contributed by atoms with E-state index in [9.17, 15) is 9.59 Å². The maximum atomic E-state index is 13.3. The lowest BCUT2D eigenvalue weighted by Crippen LogP contribution is -2.37. The van der Waals surface area contributed by atoms with Gasteiger partial charge in [-0.1, -0.05) is 42.8 Å². The van der Waals surface area contributed by atoms with Crippen LogP contribution in [0.25, 0.3) is 11.3 Å². The summed E-state index contributed by atoms with van der Waals surface area (Å²) in [6.45, 7) is 2.39. The van der Waals surface area contributed by atoms with Gasteiger partial charge in [-0.25, -0.2) is 9.99 Å². The van der Waals surface area contributed by atoms with Crippen molar-refractivity contribution in [1.29, 1.82) is 5.41 Å². The monoisotopic (exact) mass is 497 g/mol. The van der Waals surface area contributed by atoms with E-state index in [0.29, 0.717) is 29.0 Å². The Labute approximate surface area is 207 Å². The van der Waals surface area contributed by atoms with Gasteiger partial charge in [-0.15, -0.1) is 0 Å². The van der Waals surface area contributed by atoms with Gasteiger partial charge < -0.3 is 22.5 Å². The number of nitrogen functional groups attached to an aromatic ring is 3. The zero-order valence-corrected chi connectivity index (χ0v) is 20.2. The molecule has 1 aromatic heterocycles. The molecule has 3 aromatic rings. The molecule has 9 N–H and O–H groups in total. The molecule has 1 heterocycles. The number of aromatic nitrogens is 2. The SMILES string of the molecule is CCN(C)Nc1nc(Cl)c(-c2cc(N)cc(N)c2)n(CC(=O)NCc2ccc(C(=N)N)cc2)c1=O. The van der Waals surface area contributed by atoms with E-state index in [4.69, 9.17) is 34.2 Å². The third kappa shape index (κ3) is 6.28. The summed E-state index contributed by atoms with van der Waals surface area (Å²) >= 11 is 6.50. The highest BCUT2D eigenvalue weighted by atomic mass is 35.5. The highest BCUT2D eigenvalue weighted by Crippen LogP contribution is 2.29. The Morgan fingerprint density at radius 3 is 2.37 bits per heavy atom. The van der Waals surface area contributed by atoms with Gasteiger partial charge in [0, 0.05) is 42.6 Å². The number of halogens is 1. The molecule has 0 bridgehead atoms. The number of nitrogens with two attached hydrogens (primary N) is 3. The number of benzene rings is 2. The van der Waals surface area contributed by atoms with Crippen molar-refractivity contribution in [2.45, 2.75) is 20.0 Å². The van der Waals surface area contributed by atoms with E-state index >= 15 is 0 Å². The Kier molecular flexibility index (Phi) is 7.94. The molecule has 0 radical (unpaired) electrons. The molecule has 0 atom stereocenters. The van der Waals surface area contributed by atoms with Crippen LogP contribution in [-0.2, 0) is 17.9 Å². The predicted octanol–water partition coefficient (Wildman–Crippen LogP) is 1.61. The number of amides is 1. The molecule has 0 aliphatic rings. The van der Waals surface area contributed by atoms with E-state index in [-0.39, 0.29) is 35.6 Å². The predicted molar refractivity (Wildman–Crippen MR) is 139 cm³/mol. The number of nitrogens with zero attached hydrogens (tertiary/aromatic N) is 3. The van der Waals surface area contributed by atoms with E-state index in [2.05, 4.69) is 15.7 Å². The maximum Gasteiger partial charge on any atom is 0.295 e. The van der Waals surface area contributed by atoms with E-state index < -0.39 is 11.5 Å². The molecule has 0 fully saturated rings. The van der Waals surface area contributed by atoms with Gasteiger partial charge in [0.15, 0.2) is 5.15 Å². The van der Waals surface area contributed by atoms with E-state index in [0.717, 1.165) is 5.56 Å². The Bertz CT molecular complexity index is 1290. The summed E-state index contributed by atoms with van der Waals surface area (Å²) in [5.74, 6) is -0.479. The van der Waals surface area contributed by atoms with Gasteiger partial charge in [-0.2, -0.15) is 0 Å². The van der Waals surface area contributed by atoms with Gasteiger partial charge in [-0.05, 0) is 23.8 Å². The Balaban J connectivity index is 1.94. The van der Waals surface area contributed by atoms with Crippen molar-refractivity contribution in [2.75, 3.05) is 30.5 Å². The number of amidine groups is 1. The standard InChI is InChI=1S/C23H28ClN9O2/c1-3-32(2)31-22-23(35)33(19(20(24)30-22)15-8-16(25)10-17(26)9-15)12-18(34)29-11-13-4-6-14(7-5-13)21(27)28/h4-10H,3,11-12,25-26H2,1-2H3,(H3,27,28)(H,29,34)(H,30,31). The normalized spacial score (nSPS) is 10.9. The minimum absolute atomic E-state index is 0.00854. The number of carbonyl (C=O) groups is 1. The number of nitrogens with one attached hydrogen (secondary N) is 3. The van der Waals surface area contributed by atoms with Crippen molar-refractivity contribution in [3.63, 3.8) is 0 Å². The lowest BCUT2D eigenvalue weighted by atomic mass is 10.1. The highest BCUT2D eigenvalue weighted by molar-refractivity contribution is 6.32. The minimum Gasteiger partial charge on any atom is -0.399 e. The van der Waals surface area contributed by atoms with Crippen molar-refractivity contribution in [3.8, 4) is 11.3 Å². The van der Waals surface area contributed by atoms with Crippen LogP contribution >= 0.6 is 11.6 Å². The van der Waals surface area contributed by atoms with Crippen LogP contribution in [0.4, 0.5) is 17.2 Å². The topological polar surface area (TPSA) is 181 Å². The number of hydrazine groups is 1. The third-order valence-electron chi connectivity index (χ3n) is 5.20. The molecule has 0 saturated carbocycles. The minimum atomic E-state index is -0.536. The summed E-state index contributed by atoms with van der Waals surface area (Å²) < 4.78 is 1.24. The van der Waals surface area contributed by atoms with Gasteiger partial charge in [0.2, 0.25) is 11.7 Å². The Morgan fingerprint density at radius 2 is 1.80 bits per heavy atom. The molecule has 184 valence electrons. The summed E-state index contributed by atoms with van der Waals surface area (Å²) in [5.41, 5.74) is 22.5. The van der Waals surface area contributed by atoms with E-state index in [1.807, 2.05) is 6.92 Å². The number of hydrogen-bond acceptors (Lipinski definition) is 8. The summed E-state index contributed by atoms with van der Waals surface area (Å²) in [5, 5.41) is 11.9. The van der Waals surface area contributed by atoms with E-state index in [1.165, 1.54) is 4.57 Å². The largest absolute Gasteiger partial charge is 0.399 e. The first kappa shape index (κ1) is 25.5. The van der Waals surface area contributed by atoms with Crippen molar-refractivity contribution in [3.05, 3.63) is 69.1 Å². The average molecular weight is 498 g/mol. The van der Waals surface area contributed by atoms with Crippen LogP contribution in [0.5, 0.6) is 0 Å². The van der Waals surface area contributed by atoms with Crippen LogP contribution < -0.4 is 33.5 Å². The number of carbonyl (C=O) groups excluding carboxylic acids is 1. The van der Waals surface area contributed by atoms with E-state index in [1.54, 1.807) is 54.5 Å². The molecular formula is C23H28ClN9O2. The summed E-state index contributed by atoms with van der Waals surface area (Å²) in [7, 11) is 1.75. The number of anilines is 3. The van der Waals surface area contributed by atoms with Crippen LogP contribution in [0.1, 0.15) is 18.1 Å². The molecule has 0 saturated heterocycles. The van der Waals surface area contributed by atoms with Gasteiger partial charge in [-0.3, -0.25) is 25.0 Å². The molecule has 1 amide bonds. The molecule has 35 heavy (non-hydrogen) atoms. The Hall–Kier alpha value is -4.09. The van der Waals surface area contributed by atoms with Crippen LogP contribution in [0.15, 0.2) is 47.3 Å². The van der Waals surface area contributed by atoms with Gasteiger partial charge >= 0.3 is 0 Å².